The van der Waals surface area contributed by atoms with Crippen LogP contribution in [-0.2, 0) is 9.53 Å². The monoisotopic (exact) mass is 215 g/mol. The van der Waals surface area contributed by atoms with Crippen LogP contribution in [0, 0.1) is 0 Å². The molecule has 3 heteroatoms. The lowest BCUT2D eigenvalue weighted by atomic mass is 10.2. The predicted molar refractivity (Wildman–Crippen MR) is 64.0 cm³/mol. The van der Waals surface area contributed by atoms with Crippen molar-refractivity contribution in [3.05, 3.63) is 47.7 Å². The number of allylic oxidation sites excluding steroid dienone is 1. The van der Waals surface area contributed by atoms with Crippen molar-refractivity contribution in [3.63, 3.8) is 0 Å². The lowest BCUT2D eigenvalue weighted by Crippen LogP contribution is -2.07. The van der Waals surface area contributed by atoms with Crippen LogP contribution in [0.15, 0.2) is 42.2 Å². The fourth-order valence-corrected chi connectivity index (χ4v) is 1.44. The van der Waals surface area contributed by atoms with Gasteiger partial charge in [-0.25, -0.2) is 4.79 Å². The predicted octanol–water partition coefficient (Wildman–Crippen LogP) is 2.21. The number of ether oxygens (including phenoxy) is 1. The first-order chi connectivity index (χ1) is 7.65. The molecule has 2 rings (SSSR count). The first-order valence-electron chi connectivity index (χ1n) is 5.04. The van der Waals surface area contributed by atoms with Gasteiger partial charge in [-0.1, -0.05) is 12.1 Å². The third kappa shape index (κ3) is 2.31. The summed E-state index contributed by atoms with van der Waals surface area (Å²) in [6.07, 6.45) is 4.92. The van der Waals surface area contributed by atoms with Crippen molar-refractivity contribution in [2.45, 2.75) is 0 Å². The Hall–Kier alpha value is -2.03. The molecule has 1 heterocycles. The van der Waals surface area contributed by atoms with Gasteiger partial charge in [-0.3, -0.25) is 0 Å². The van der Waals surface area contributed by atoms with E-state index in [1.54, 1.807) is 6.08 Å². The van der Waals surface area contributed by atoms with Crippen LogP contribution in [0.5, 0.6) is 0 Å². The van der Waals surface area contributed by atoms with Gasteiger partial charge in [-0.2, -0.15) is 0 Å². The number of carbonyl (C=O) groups is 1. The molecule has 0 N–H and O–H groups in total. The molecule has 0 saturated heterocycles. The Morgan fingerprint density at radius 2 is 1.81 bits per heavy atom. The van der Waals surface area contributed by atoms with Crippen LogP contribution in [-0.4, -0.2) is 20.1 Å². The molecule has 16 heavy (non-hydrogen) atoms. The molecule has 0 aliphatic carbocycles. The molecule has 3 nitrogen and oxygen atoms in total. The minimum atomic E-state index is -0.309. The number of hydrogen-bond donors (Lipinski definition) is 0. The van der Waals surface area contributed by atoms with Crippen LogP contribution in [0.2, 0.25) is 0 Å². The molecule has 1 aliphatic heterocycles. The van der Waals surface area contributed by atoms with Gasteiger partial charge in [-0.05, 0) is 29.8 Å². The van der Waals surface area contributed by atoms with Crippen molar-refractivity contribution in [3.8, 4) is 0 Å². The van der Waals surface area contributed by atoms with E-state index in [0.29, 0.717) is 5.76 Å². The molecule has 1 aliphatic rings. The Labute approximate surface area is 94.6 Å². The largest absolute Gasteiger partial charge is 0.423 e. The topological polar surface area (TPSA) is 29.5 Å². The fraction of sp³-hybridized carbons (Fsp3) is 0.154. The second-order valence-corrected chi connectivity index (χ2v) is 3.79. The van der Waals surface area contributed by atoms with Gasteiger partial charge in [0.15, 0.2) is 0 Å². The van der Waals surface area contributed by atoms with Gasteiger partial charge >= 0.3 is 5.97 Å². The molecule has 0 spiro atoms. The van der Waals surface area contributed by atoms with E-state index in [1.807, 2.05) is 49.3 Å². The van der Waals surface area contributed by atoms with Crippen LogP contribution < -0.4 is 4.90 Å². The van der Waals surface area contributed by atoms with Crippen LogP contribution in [0.4, 0.5) is 5.69 Å². The standard InChI is InChI=1S/C13H13NO2/c1-14(2)11-5-3-10(4-6-11)9-12-7-8-13(15)16-12/h3-9H,1-2H3. The Balaban J connectivity index is 2.17. The van der Waals surface area contributed by atoms with Gasteiger partial charge in [0.05, 0.1) is 0 Å². The summed E-state index contributed by atoms with van der Waals surface area (Å²) in [5.74, 6) is 0.277. The molecule has 0 radical (unpaired) electrons. The Morgan fingerprint density at radius 3 is 2.31 bits per heavy atom. The van der Waals surface area contributed by atoms with Gasteiger partial charge in [0.1, 0.15) is 5.76 Å². The molecule has 0 atom stereocenters. The van der Waals surface area contributed by atoms with Gasteiger partial charge in [0.25, 0.3) is 0 Å². The molecule has 0 aromatic heterocycles. The molecule has 0 saturated carbocycles. The Morgan fingerprint density at radius 1 is 1.12 bits per heavy atom. The zero-order valence-corrected chi connectivity index (χ0v) is 9.31. The highest BCUT2D eigenvalue weighted by Crippen LogP contribution is 2.17. The molecule has 0 amide bonds. The first-order valence-corrected chi connectivity index (χ1v) is 5.04. The lowest BCUT2D eigenvalue weighted by molar-refractivity contribution is -0.132. The van der Waals surface area contributed by atoms with E-state index >= 15 is 0 Å². The molecular formula is C13H13NO2. The molecule has 1 aromatic rings. The van der Waals surface area contributed by atoms with Crippen molar-refractivity contribution in [1.82, 2.24) is 0 Å². The summed E-state index contributed by atoms with van der Waals surface area (Å²) in [4.78, 5) is 12.9. The summed E-state index contributed by atoms with van der Waals surface area (Å²) in [6.45, 7) is 0. The highest BCUT2D eigenvalue weighted by molar-refractivity contribution is 5.87. The summed E-state index contributed by atoms with van der Waals surface area (Å²) < 4.78 is 4.94. The van der Waals surface area contributed by atoms with Crippen molar-refractivity contribution in [2.75, 3.05) is 19.0 Å². The number of rotatable bonds is 2. The second-order valence-electron chi connectivity index (χ2n) is 3.79. The number of anilines is 1. The van der Waals surface area contributed by atoms with Gasteiger partial charge in [0.2, 0.25) is 0 Å². The van der Waals surface area contributed by atoms with Gasteiger partial charge < -0.3 is 9.64 Å². The van der Waals surface area contributed by atoms with E-state index in [2.05, 4.69) is 0 Å². The number of cyclic esters (lactones) is 1. The molecule has 0 unspecified atom stereocenters. The number of carbonyl (C=O) groups excluding carboxylic acids is 1. The van der Waals surface area contributed by atoms with Crippen molar-refractivity contribution >= 4 is 17.7 Å². The van der Waals surface area contributed by atoms with Gasteiger partial charge in [-0.15, -0.1) is 0 Å². The molecule has 1 aromatic carbocycles. The van der Waals surface area contributed by atoms with Crippen molar-refractivity contribution in [2.24, 2.45) is 0 Å². The quantitative estimate of drug-likeness (QED) is 0.708. The average molecular weight is 215 g/mol. The summed E-state index contributed by atoms with van der Waals surface area (Å²) in [5.41, 5.74) is 2.15. The number of benzene rings is 1. The Bertz CT molecular complexity index is 455. The summed E-state index contributed by atoms with van der Waals surface area (Å²) in [7, 11) is 3.99. The molecule has 0 fully saturated rings. The summed E-state index contributed by atoms with van der Waals surface area (Å²) >= 11 is 0. The van der Waals surface area contributed by atoms with E-state index in [1.165, 1.54) is 6.08 Å². The van der Waals surface area contributed by atoms with E-state index in [4.69, 9.17) is 4.74 Å². The highest BCUT2D eigenvalue weighted by atomic mass is 16.5. The highest BCUT2D eigenvalue weighted by Gasteiger charge is 2.08. The zero-order valence-electron chi connectivity index (χ0n) is 9.31. The maximum absolute atomic E-state index is 10.8. The minimum absolute atomic E-state index is 0.309. The maximum Gasteiger partial charge on any atom is 0.336 e. The number of hydrogen-bond acceptors (Lipinski definition) is 3. The average Bonchev–Trinajstić information content (AvgIpc) is 2.65. The minimum Gasteiger partial charge on any atom is -0.423 e. The van der Waals surface area contributed by atoms with E-state index < -0.39 is 0 Å². The summed E-state index contributed by atoms with van der Waals surface area (Å²) in [5, 5.41) is 0. The van der Waals surface area contributed by atoms with Crippen LogP contribution in [0.3, 0.4) is 0 Å². The maximum atomic E-state index is 10.8. The van der Waals surface area contributed by atoms with Crippen molar-refractivity contribution in [1.29, 1.82) is 0 Å². The molecule has 82 valence electrons. The molecule has 0 bridgehead atoms. The van der Waals surface area contributed by atoms with Crippen LogP contribution in [0.1, 0.15) is 5.56 Å². The number of nitrogens with zero attached hydrogens (tertiary/aromatic N) is 1. The number of esters is 1. The normalized spacial score (nSPS) is 16.6. The fourth-order valence-electron chi connectivity index (χ4n) is 1.44. The summed E-state index contributed by atoms with van der Waals surface area (Å²) in [6, 6.07) is 8.02. The third-order valence-corrected chi connectivity index (χ3v) is 2.32. The van der Waals surface area contributed by atoms with Gasteiger partial charge in [0, 0.05) is 25.9 Å². The zero-order chi connectivity index (χ0) is 11.5. The first kappa shape index (κ1) is 10.5. The lowest BCUT2D eigenvalue weighted by Gasteiger charge is -2.11. The third-order valence-electron chi connectivity index (χ3n) is 2.32. The van der Waals surface area contributed by atoms with E-state index in [0.717, 1.165) is 11.3 Å². The van der Waals surface area contributed by atoms with Crippen molar-refractivity contribution < 1.29 is 9.53 Å². The smallest absolute Gasteiger partial charge is 0.336 e. The SMILES string of the molecule is CN(C)c1ccc(C=C2C=CC(=O)O2)cc1. The second kappa shape index (κ2) is 4.23. The van der Waals surface area contributed by atoms with Crippen LogP contribution >= 0.6 is 0 Å². The van der Waals surface area contributed by atoms with E-state index in [-0.39, 0.29) is 5.97 Å². The van der Waals surface area contributed by atoms with Crippen LogP contribution in [0.25, 0.3) is 6.08 Å². The Kier molecular flexibility index (Phi) is 2.77. The molecular weight excluding hydrogens is 202 g/mol. The van der Waals surface area contributed by atoms with E-state index in [9.17, 15) is 4.79 Å².